The molecule has 0 saturated carbocycles. The van der Waals surface area contributed by atoms with Gasteiger partial charge in [0.05, 0.1) is 16.8 Å². The van der Waals surface area contributed by atoms with Crippen LogP contribution in [0, 0.1) is 13.8 Å². The van der Waals surface area contributed by atoms with Gasteiger partial charge in [-0.15, -0.1) is 11.3 Å². The number of nitrogens with zero attached hydrogens (tertiary/aromatic N) is 1. The maximum atomic E-state index is 10.1. The van der Waals surface area contributed by atoms with E-state index >= 15 is 0 Å². The third kappa shape index (κ3) is 2.96. The van der Waals surface area contributed by atoms with Gasteiger partial charge in [-0.25, -0.2) is 4.98 Å². The predicted molar refractivity (Wildman–Crippen MR) is 72.7 cm³/mol. The number of thiazole rings is 1. The van der Waals surface area contributed by atoms with Crippen LogP contribution in [0.25, 0.3) is 0 Å². The van der Waals surface area contributed by atoms with Gasteiger partial charge in [0.1, 0.15) is 6.10 Å². The van der Waals surface area contributed by atoms with Gasteiger partial charge in [-0.05, 0) is 19.4 Å². The number of rotatable bonds is 4. The van der Waals surface area contributed by atoms with E-state index in [0.717, 1.165) is 21.1 Å². The lowest BCUT2D eigenvalue weighted by atomic mass is 10.0. The molecule has 4 heteroatoms. The van der Waals surface area contributed by atoms with Crippen molar-refractivity contribution in [1.82, 2.24) is 4.98 Å². The maximum Gasteiger partial charge on any atom is 0.105 e. The van der Waals surface area contributed by atoms with Crippen LogP contribution < -0.4 is 0 Å². The Morgan fingerprint density at radius 1 is 1.17 bits per heavy atom. The zero-order chi connectivity index (χ0) is 13.1. The molecule has 0 saturated heterocycles. The molecule has 2 aromatic rings. The molecule has 1 aromatic carbocycles. The summed E-state index contributed by atoms with van der Waals surface area (Å²) in [5.41, 5.74) is 1.73. The molecule has 0 bridgehead atoms. The summed E-state index contributed by atoms with van der Waals surface area (Å²) in [6.07, 6.45) is -1.30. The SMILES string of the molecule is Cc1nc(CC(O)C(O)c2ccccc2)sc1C. The van der Waals surface area contributed by atoms with Crippen LogP contribution in [0.15, 0.2) is 30.3 Å². The first-order valence-corrected chi connectivity index (χ1v) is 6.73. The molecular weight excluding hydrogens is 246 g/mol. The van der Waals surface area contributed by atoms with Crippen molar-refractivity contribution in [3.63, 3.8) is 0 Å². The fourth-order valence-electron chi connectivity index (χ4n) is 1.79. The standard InChI is InChI=1S/C14H17NO2S/c1-9-10(2)18-13(15-9)8-12(16)14(17)11-6-4-3-5-7-11/h3-7,12,14,16-17H,8H2,1-2H3. The van der Waals surface area contributed by atoms with E-state index in [1.165, 1.54) is 0 Å². The lowest BCUT2D eigenvalue weighted by Gasteiger charge is -2.16. The number of hydrogen-bond acceptors (Lipinski definition) is 4. The van der Waals surface area contributed by atoms with Crippen LogP contribution in [0.3, 0.4) is 0 Å². The quantitative estimate of drug-likeness (QED) is 0.890. The van der Waals surface area contributed by atoms with E-state index in [0.29, 0.717) is 6.42 Å². The first-order valence-electron chi connectivity index (χ1n) is 5.92. The Kier molecular flexibility index (Phi) is 4.11. The van der Waals surface area contributed by atoms with E-state index < -0.39 is 12.2 Å². The van der Waals surface area contributed by atoms with Crippen molar-refractivity contribution in [3.8, 4) is 0 Å². The van der Waals surface area contributed by atoms with Crippen molar-refractivity contribution in [1.29, 1.82) is 0 Å². The van der Waals surface area contributed by atoms with Crippen molar-refractivity contribution in [3.05, 3.63) is 51.5 Å². The highest BCUT2D eigenvalue weighted by molar-refractivity contribution is 7.11. The molecule has 0 fully saturated rings. The van der Waals surface area contributed by atoms with Crippen molar-refractivity contribution < 1.29 is 10.2 Å². The van der Waals surface area contributed by atoms with Crippen LogP contribution in [-0.4, -0.2) is 21.3 Å². The molecule has 96 valence electrons. The second kappa shape index (κ2) is 5.61. The van der Waals surface area contributed by atoms with Crippen LogP contribution in [0.5, 0.6) is 0 Å². The maximum absolute atomic E-state index is 10.1. The molecule has 2 unspecified atom stereocenters. The number of aryl methyl sites for hydroxylation is 2. The average Bonchev–Trinajstić information content (AvgIpc) is 2.68. The Morgan fingerprint density at radius 3 is 2.39 bits per heavy atom. The van der Waals surface area contributed by atoms with Gasteiger partial charge in [0.25, 0.3) is 0 Å². The van der Waals surface area contributed by atoms with Crippen LogP contribution in [0.4, 0.5) is 0 Å². The van der Waals surface area contributed by atoms with Crippen LogP contribution >= 0.6 is 11.3 Å². The van der Waals surface area contributed by atoms with Crippen molar-refractivity contribution in [2.45, 2.75) is 32.5 Å². The molecule has 18 heavy (non-hydrogen) atoms. The van der Waals surface area contributed by atoms with E-state index in [1.54, 1.807) is 11.3 Å². The van der Waals surface area contributed by atoms with Crippen LogP contribution in [-0.2, 0) is 6.42 Å². The van der Waals surface area contributed by atoms with Crippen molar-refractivity contribution in [2.75, 3.05) is 0 Å². The molecule has 2 rings (SSSR count). The molecule has 2 N–H and O–H groups in total. The summed E-state index contributed by atoms with van der Waals surface area (Å²) < 4.78 is 0. The normalized spacial score (nSPS) is 14.4. The van der Waals surface area contributed by atoms with Crippen LogP contribution in [0.1, 0.15) is 27.2 Å². The molecule has 0 spiro atoms. The highest BCUT2D eigenvalue weighted by atomic mass is 32.1. The Hall–Kier alpha value is -1.23. The number of aliphatic hydroxyl groups is 2. The first-order chi connectivity index (χ1) is 8.58. The fourth-order valence-corrected chi connectivity index (χ4v) is 2.77. The fraction of sp³-hybridized carbons (Fsp3) is 0.357. The zero-order valence-electron chi connectivity index (χ0n) is 10.5. The number of benzene rings is 1. The summed E-state index contributed by atoms with van der Waals surface area (Å²) in [7, 11) is 0. The largest absolute Gasteiger partial charge is 0.390 e. The summed E-state index contributed by atoms with van der Waals surface area (Å²) in [6.45, 7) is 3.96. The number of hydrogen-bond donors (Lipinski definition) is 2. The van der Waals surface area contributed by atoms with Crippen molar-refractivity contribution in [2.24, 2.45) is 0 Å². The predicted octanol–water partition coefficient (Wildman–Crippen LogP) is 2.40. The minimum Gasteiger partial charge on any atom is -0.390 e. The molecule has 2 atom stereocenters. The van der Waals surface area contributed by atoms with Gasteiger partial charge in [0.2, 0.25) is 0 Å². The second-order valence-corrected chi connectivity index (χ2v) is 5.66. The van der Waals surface area contributed by atoms with Gasteiger partial charge in [0, 0.05) is 11.3 Å². The molecule has 0 aliphatic rings. The molecular formula is C14H17NO2S. The molecule has 1 aromatic heterocycles. The summed E-state index contributed by atoms with van der Waals surface area (Å²) in [5, 5.41) is 21.0. The van der Waals surface area contributed by atoms with Gasteiger partial charge in [-0.2, -0.15) is 0 Å². The summed E-state index contributed by atoms with van der Waals surface area (Å²) in [4.78, 5) is 5.53. The molecule has 0 aliphatic heterocycles. The summed E-state index contributed by atoms with van der Waals surface area (Å²) in [6, 6.07) is 9.21. The Labute approximate surface area is 111 Å². The van der Waals surface area contributed by atoms with Gasteiger partial charge in [0.15, 0.2) is 0 Å². The van der Waals surface area contributed by atoms with Gasteiger partial charge in [-0.3, -0.25) is 0 Å². The lowest BCUT2D eigenvalue weighted by Crippen LogP contribution is -2.20. The molecule has 0 amide bonds. The average molecular weight is 263 g/mol. The molecule has 1 heterocycles. The van der Waals surface area contributed by atoms with E-state index in [-0.39, 0.29) is 0 Å². The first kappa shape index (κ1) is 13.2. The van der Waals surface area contributed by atoms with E-state index in [9.17, 15) is 10.2 Å². The molecule has 3 nitrogen and oxygen atoms in total. The second-order valence-electron chi connectivity index (χ2n) is 4.38. The Balaban J connectivity index is 2.06. The Morgan fingerprint density at radius 2 is 1.83 bits per heavy atom. The third-order valence-corrected chi connectivity index (χ3v) is 4.06. The van der Waals surface area contributed by atoms with E-state index in [4.69, 9.17) is 0 Å². The molecule has 0 aliphatic carbocycles. The van der Waals surface area contributed by atoms with E-state index in [2.05, 4.69) is 4.98 Å². The minimum absolute atomic E-state index is 0.384. The number of aromatic nitrogens is 1. The van der Waals surface area contributed by atoms with Crippen LogP contribution in [0.2, 0.25) is 0 Å². The summed E-state index contributed by atoms with van der Waals surface area (Å²) >= 11 is 1.57. The summed E-state index contributed by atoms with van der Waals surface area (Å²) in [5.74, 6) is 0. The Bertz CT molecular complexity index is 490. The van der Waals surface area contributed by atoms with Crippen molar-refractivity contribution >= 4 is 11.3 Å². The smallest absolute Gasteiger partial charge is 0.105 e. The topological polar surface area (TPSA) is 53.4 Å². The third-order valence-electron chi connectivity index (χ3n) is 2.96. The highest BCUT2D eigenvalue weighted by Crippen LogP contribution is 2.23. The lowest BCUT2D eigenvalue weighted by molar-refractivity contribution is 0.0189. The minimum atomic E-state index is -0.865. The van der Waals surface area contributed by atoms with Gasteiger partial charge >= 0.3 is 0 Å². The highest BCUT2D eigenvalue weighted by Gasteiger charge is 2.20. The molecule has 0 radical (unpaired) electrons. The zero-order valence-corrected chi connectivity index (χ0v) is 11.3. The van der Waals surface area contributed by atoms with Gasteiger partial charge < -0.3 is 10.2 Å². The van der Waals surface area contributed by atoms with Gasteiger partial charge in [-0.1, -0.05) is 30.3 Å². The number of aliphatic hydroxyl groups excluding tert-OH is 2. The monoisotopic (exact) mass is 263 g/mol. The van der Waals surface area contributed by atoms with E-state index in [1.807, 2.05) is 44.2 Å².